The summed E-state index contributed by atoms with van der Waals surface area (Å²) < 4.78 is 5.45. The quantitative estimate of drug-likeness (QED) is 0.813. The number of hydrogen-bond acceptors (Lipinski definition) is 3. The van der Waals surface area contributed by atoms with Crippen LogP contribution in [-0.2, 0) is 11.2 Å². The third-order valence-corrected chi connectivity index (χ3v) is 3.92. The molecule has 5 heteroatoms. The molecule has 0 fully saturated rings. The summed E-state index contributed by atoms with van der Waals surface area (Å²) in [5.41, 5.74) is 4.44. The van der Waals surface area contributed by atoms with Gasteiger partial charge in [0.2, 0.25) is 0 Å². The number of rotatable bonds is 5. The minimum Gasteiger partial charge on any atom is -0.484 e. The second-order valence-electron chi connectivity index (χ2n) is 5.59. The molecule has 2 rings (SSSR count). The van der Waals surface area contributed by atoms with Crippen LogP contribution in [0.15, 0.2) is 42.5 Å². The van der Waals surface area contributed by atoms with Crippen molar-refractivity contribution in [3.8, 4) is 5.75 Å². The lowest BCUT2D eigenvalue weighted by Crippen LogP contribution is -2.37. The zero-order valence-electron chi connectivity index (χ0n) is 14.2. The van der Waals surface area contributed by atoms with E-state index in [2.05, 4.69) is 17.6 Å². The lowest BCUT2D eigenvalue weighted by Gasteiger charge is -2.11. The van der Waals surface area contributed by atoms with Gasteiger partial charge in [-0.2, -0.15) is 0 Å². The number of thiocarbonyl (C=S) groups is 1. The van der Waals surface area contributed by atoms with E-state index in [0.29, 0.717) is 5.75 Å². The Bertz CT molecular complexity index is 727. The fraction of sp³-hybridized carbons (Fsp3) is 0.263. The smallest absolute Gasteiger partial charge is 0.264 e. The summed E-state index contributed by atoms with van der Waals surface area (Å²) in [6, 6.07) is 13.6. The Labute approximate surface area is 148 Å². The van der Waals surface area contributed by atoms with E-state index in [0.717, 1.165) is 17.7 Å². The molecule has 0 spiro atoms. The number of amides is 1. The predicted molar refractivity (Wildman–Crippen MR) is 102 cm³/mol. The first-order chi connectivity index (χ1) is 11.5. The first kappa shape index (κ1) is 17.9. The van der Waals surface area contributed by atoms with Crippen molar-refractivity contribution in [3.05, 3.63) is 59.2 Å². The van der Waals surface area contributed by atoms with Gasteiger partial charge >= 0.3 is 0 Å². The van der Waals surface area contributed by atoms with Gasteiger partial charge in [-0.3, -0.25) is 10.1 Å². The topological polar surface area (TPSA) is 50.4 Å². The number of aryl methyl sites for hydroxylation is 3. The average molecular weight is 342 g/mol. The normalized spacial score (nSPS) is 10.1. The summed E-state index contributed by atoms with van der Waals surface area (Å²) in [5.74, 6) is 0.367. The fourth-order valence-corrected chi connectivity index (χ4v) is 2.35. The fourth-order valence-electron chi connectivity index (χ4n) is 2.11. The van der Waals surface area contributed by atoms with Gasteiger partial charge in [-0.15, -0.1) is 0 Å². The third kappa shape index (κ3) is 5.35. The molecule has 0 radical (unpaired) electrons. The molecule has 0 aliphatic carbocycles. The van der Waals surface area contributed by atoms with Crippen molar-refractivity contribution in [1.29, 1.82) is 0 Å². The minimum atomic E-state index is -0.295. The number of carbonyl (C=O) groups excluding carboxylic acids is 1. The van der Waals surface area contributed by atoms with E-state index < -0.39 is 0 Å². The van der Waals surface area contributed by atoms with Crippen LogP contribution in [0.2, 0.25) is 0 Å². The molecule has 24 heavy (non-hydrogen) atoms. The van der Waals surface area contributed by atoms with Crippen LogP contribution < -0.4 is 15.4 Å². The van der Waals surface area contributed by atoms with Gasteiger partial charge in [0, 0.05) is 5.69 Å². The highest BCUT2D eigenvalue weighted by molar-refractivity contribution is 7.80. The van der Waals surface area contributed by atoms with Crippen LogP contribution in [0.3, 0.4) is 0 Å². The molecule has 0 atom stereocenters. The van der Waals surface area contributed by atoms with Gasteiger partial charge in [-0.1, -0.05) is 25.1 Å². The maximum atomic E-state index is 11.9. The SMILES string of the molecule is CCc1ccc(OCC(=O)NC(=S)Nc2ccc(C)c(C)c2)cc1. The Morgan fingerprint density at radius 2 is 1.79 bits per heavy atom. The van der Waals surface area contributed by atoms with E-state index in [4.69, 9.17) is 17.0 Å². The molecule has 0 heterocycles. The maximum Gasteiger partial charge on any atom is 0.264 e. The molecule has 0 saturated heterocycles. The molecular formula is C19H22N2O2S. The van der Waals surface area contributed by atoms with Gasteiger partial charge in [0.05, 0.1) is 0 Å². The largest absolute Gasteiger partial charge is 0.484 e. The van der Waals surface area contributed by atoms with E-state index in [1.165, 1.54) is 11.1 Å². The highest BCUT2D eigenvalue weighted by Crippen LogP contribution is 2.14. The second kappa shape index (κ2) is 8.45. The zero-order valence-corrected chi connectivity index (χ0v) is 15.0. The minimum absolute atomic E-state index is 0.0831. The van der Waals surface area contributed by atoms with E-state index in [1.807, 2.05) is 56.3 Å². The molecule has 1 amide bonds. The summed E-state index contributed by atoms with van der Waals surface area (Å²) in [6.45, 7) is 6.08. The maximum absolute atomic E-state index is 11.9. The Hall–Kier alpha value is -2.40. The molecule has 0 aliphatic heterocycles. The molecule has 2 aromatic carbocycles. The molecule has 0 saturated carbocycles. The van der Waals surface area contributed by atoms with Crippen LogP contribution >= 0.6 is 12.2 Å². The zero-order chi connectivity index (χ0) is 17.5. The monoisotopic (exact) mass is 342 g/mol. The van der Waals surface area contributed by atoms with E-state index in [-0.39, 0.29) is 17.6 Å². The van der Waals surface area contributed by atoms with Crippen molar-refractivity contribution in [2.75, 3.05) is 11.9 Å². The summed E-state index contributed by atoms with van der Waals surface area (Å²) in [6.07, 6.45) is 0.971. The van der Waals surface area contributed by atoms with Gasteiger partial charge in [0.25, 0.3) is 5.91 Å². The summed E-state index contributed by atoms with van der Waals surface area (Å²) in [4.78, 5) is 11.9. The van der Waals surface area contributed by atoms with Crippen LogP contribution in [0, 0.1) is 13.8 Å². The van der Waals surface area contributed by atoms with Crippen LogP contribution in [0.25, 0.3) is 0 Å². The van der Waals surface area contributed by atoms with Crippen LogP contribution in [0.4, 0.5) is 5.69 Å². The molecule has 0 unspecified atom stereocenters. The summed E-state index contributed by atoms with van der Waals surface area (Å²) in [5, 5.41) is 5.87. The first-order valence-corrected chi connectivity index (χ1v) is 8.28. The van der Waals surface area contributed by atoms with Gasteiger partial charge in [-0.05, 0) is 73.4 Å². The van der Waals surface area contributed by atoms with Crippen molar-refractivity contribution in [1.82, 2.24) is 5.32 Å². The van der Waals surface area contributed by atoms with E-state index >= 15 is 0 Å². The van der Waals surface area contributed by atoms with Crippen molar-refractivity contribution < 1.29 is 9.53 Å². The number of anilines is 1. The molecule has 0 bridgehead atoms. The van der Waals surface area contributed by atoms with Gasteiger partial charge in [0.1, 0.15) is 5.75 Å². The molecule has 0 aromatic heterocycles. The number of nitrogens with one attached hydrogen (secondary N) is 2. The molecular weight excluding hydrogens is 320 g/mol. The lowest BCUT2D eigenvalue weighted by atomic mass is 10.1. The van der Waals surface area contributed by atoms with Crippen molar-refractivity contribution >= 4 is 28.9 Å². The predicted octanol–water partition coefficient (Wildman–Crippen LogP) is 3.76. The van der Waals surface area contributed by atoms with E-state index in [1.54, 1.807) is 0 Å². The molecule has 2 aromatic rings. The van der Waals surface area contributed by atoms with Crippen LogP contribution in [-0.4, -0.2) is 17.6 Å². The Kier molecular flexibility index (Phi) is 6.32. The lowest BCUT2D eigenvalue weighted by molar-refractivity contribution is -0.121. The summed E-state index contributed by atoms with van der Waals surface area (Å²) in [7, 11) is 0. The number of ether oxygens (including phenoxy) is 1. The number of benzene rings is 2. The van der Waals surface area contributed by atoms with Crippen molar-refractivity contribution in [3.63, 3.8) is 0 Å². The van der Waals surface area contributed by atoms with Gasteiger partial charge < -0.3 is 10.1 Å². The average Bonchev–Trinajstić information content (AvgIpc) is 2.56. The molecule has 4 nitrogen and oxygen atoms in total. The van der Waals surface area contributed by atoms with Crippen molar-refractivity contribution in [2.24, 2.45) is 0 Å². The third-order valence-electron chi connectivity index (χ3n) is 3.72. The Balaban J connectivity index is 1.80. The van der Waals surface area contributed by atoms with Crippen molar-refractivity contribution in [2.45, 2.75) is 27.2 Å². The second-order valence-corrected chi connectivity index (χ2v) is 6.00. The molecule has 126 valence electrons. The van der Waals surface area contributed by atoms with E-state index in [9.17, 15) is 4.79 Å². The number of carbonyl (C=O) groups is 1. The highest BCUT2D eigenvalue weighted by Gasteiger charge is 2.06. The number of hydrogen-bond donors (Lipinski definition) is 2. The van der Waals surface area contributed by atoms with Crippen LogP contribution in [0.5, 0.6) is 5.75 Å². The van der Waals surface area contributed by atoms with Gasteiger partial charge in [0.15, 0.2) is 11.7 Å². The Morgan fingerprint density at radius 3 is 2.42 bits per heavy atom. The Morgan fingerprint density at radius 1 is 1.08 bits per heavy atom. The first-order valence-electron chi connectivity index (χ1n) is 7.87. The molecule has 0 aliphatic rings. The standard InChI is InChI=1S/C19H22N2O2S/c1-4-15-6-9-17(10-7-15)23-12-18(22)21-19(24)20-16-8-5-13(2)14(3)11-16/h5-11H,4,12H2,1-3H3,(H2,20,21,22,24). The van der Waals surface area contributed by atoms with Gasteiger partial charge in [-0.25, -0.2) is 0 Å². The summed E-state index contributed by atoms with van der Waals surface area (Å²) >= 11 is 5.15. The molecule has 2 N–H and O–H groups in total. The highest BCUT2D eigenvalue weighted by atomic mass is 32.1. The van der Waals surface area contributed by atoms with Crippen LogP contribution in [0.1, 0.15) is 23.6 Å².